The number of aromatic nitrogens is 3. The summed E-state index contributed by atoms with van der Waals surface area (Å²) in [5.41, 5.74) is 3.86. The third-order valence-electron chi connectivity index (χ3n) is 6.10. The van der Waals surface area contributed by atoms with Gasteiger partial charge in [0.05, 0.1) is 19.2 Å². The molecule has 33 heavy (non-hydrogen) atoms. The molecule has 0 amide bonds. The maximum absolute atomic E-state index is 12.9. The first kappa shape index (κ1) is 22.7. The van der Waals surface area contributed by atoms with Crippen molar-refractivity contribution in [2.24, 2.45) is 0 Å². The van der Waals surface area contributed by atoms with Crippen molar-refractivity contribution >= 4 is 12.0 Å². The fourth-order valence-corrected chi connectivity index (χ4v) is 4.33. The van der Waals surface area contributed by atoms with E-state index in [1.54, 1.807) is 23.0 Å². The van der Waals surface area contributed by atoms with Crippen molar-refractivity contribution in [2.45, 2.75) is 32.4 Å². The first-order chi connectivity index (χ1) is 16.0. The van der Waals surface area contributed by atoms with Gasteiger partial charge in [0.2, 0.25) is 0 Å². The lowest BCUT2D eigenvalue weighted by atomic mass is 10.0. The van der Waals surface area contributed by atoms with Crippen LogP contribution in [0.4, 0.5) is 0 Å². The summed E-state index contributed by atoms with van der Waals surface area (Å²) in [7, 11) is 1.36. The lowest BCUT2D eigenvalue weighted by molar-refractivity contribution is 0.0600. The van der Waals surface area contributed by atoms with Crippen LogP contribution in [0.25, 0.3) is 6.08 Å². The average molecular weight is 447 g/mol. The molecule has 0 N–H and O–H groups in total. The monoisotopic (exact) mass is 446 g/mol. The van der Waals surface area contributed by atoms with Crippen molar-refractivity contribution in [3.63, 3.8) is 0 Å². The largest absolute Gasteiger partial charge is 0.465 e. The number of carbonyl (C=O) groups excluding carboxylic acids is 1. The predicted molar refractivity (Wildman–Crippen MR) is 128 cm³/mol. The Balaban J connectivity index is 1.33. The molecule has 7 nitrogen and oxygen atoms in total. The van der Waals surface area contributed by atoms with Crippen LogP contribution >= 0.6 is 0 Å². The molecule has 1 aliphatic heterocycles. The van der Waals surface area contributed by atoms with Gasteiger partial charge in [-0.2, -0.15) is 5.10 Å². The fraction of sp³-hybridized carbons (Fsp3) is 0.346. The molecule has 0 spiro atoms. The van der Waals surface area contributed by atoms with Gasteiger partial charge >= 0.3 is 11.7 Å². The van der Waals surface area contributed by atoms with E-state index in [1.807, 2.05) is 18.2 Å². The molecular weight excluding hydrogens is 416 g/mol. The third kappa shape index (κ3) is 5.68. The fourth-order valence-electron chi connectivity index (χ4n) is 4.33. The Hall–Kier alpha value is -3.45. The number of rotatable bonds is 7. The Labute approximate surface area is 193 Å². The van der Waals surface area contributed by atoms with Gasteiger partial charge in [0, 0.05) is 25.7 Å². The van der Waals surface area contributed by atoms with E-state index in [9.17, 15) is 9.59 Å². The highest BCUT2D eigenvalue weighted by atomic mass is 16.5. The molecule has 4 rings (SSSR count). The SMILES string of the molecule is COC(=O)c1ccc(Cn2ncn(C3CCN(C/C(C)=C/c4ccccc4)CC3)c2=O)cc1. The minimum absolute atomic E-state index is 0.0920. The van der Waals surface area contributed by atoms with Crippen molar-refractivity contribution in [3.05, 3.63) is 93.7 Å². The molecule has 0 radical (unpaired) electrons. The van der Waals surface area contributed by atoms with E-state index in [0.717, 1.165) is 38.0 Å². The predicted octanol–water partition coefficient (Wildman–Crippen LogP) is 3.62. The summed E-state index contributed by atoms with van der Waals surface area (Å²) < 4.78 is 7.97. The van der Waals surface area contributed by atoms with Crippen LogP contribution < -0.4 is 5.69 Å². The maximum atomic E-state index is 12.9. The Bertz CT molecular complexity index is 1150. The lowest BCUT2D eigenvalue weighted by Crippen LogP contribution is -2.38. The number of hydrogen-bond donors (Lipinski definition) is 0. The average Bonchev–Trinajstić information content (AvgIpc) is 3.20. The van der Waals surface area contributed by atoms with Crippen LogP contribution in [0.5, 0.6) is 0 Å². The normalized spacial score (nSPS) is 15.5. The zero-order valence-electron chi connectivity index (χ0n) is 19.2. The number of hydrogen-bond acceptors (Lipinski definition) is 5. The van der Waals surface area contributed by atoms with E-state index in [2.05, 4.69) is 47.3 Å². The maximum Gasteiger partial charge on any atom is 0.346 e. The number of esters is 1. The van der Waals surface area contributed by atoms with Gasteiger partial charge in [-0.05, 0) is 43.0 Å². The van der Waals surface area contributed by atoms with Crippen LogP contribution in [0.2, 0.25) is 0 Å². The minimum Gasteiger partial charge on any atom is -0.465 e. The summed E-state index contributed by atoms with van der Waals surface area (Å²) >= 11 is 0. The Kier molecular flexibility index (Phi) is 7.19. The summed E-state index contributed by atoms with van der Waals surface area (Å²) in [6.45, 7) is 5.40. The summed E-state index contributed by atoms with van der Waals surface area (Å²) in [5, 5.41) is 4.33. The molecule has 1 aliphatic rings. The summed E-state index contributed by atoms with van der Waals surface area (Å²) in [5.74, 6) is -0.375. The van der Waals surface area contributed by atoms with Crippen LogP contribution in [-0.4, -0.2) is 52.0 Å². The second-order valence-electron chi connectivity index (χ2n) is 8.58. The van der Waals surface area contributed by atoms with Crippen LogP contribution in [0.1, 0.15) is 47.3 Å². The Morgan fingerprint density at radius 2 is 1.79 bits per heavy atom. The van der Waals surface area contributed by atoms with E-state index in [4.69, 9.17) is 4.74 Å². The van der Waals surface area contributed by atoms with Crippen molar-refractivity contribution in [1.82, 2.24) is 19.2 Å². The molecule has 0 saturated carbocycles. The van der Waals surface area contributed by atoms with Crippen molar-refractivity contribution in [1.29, 1.82) is 0 Å². The number of nitrogens with zero attached hydrogens (tertiary/aromatic N) is 4. The van der Waals surface area contributed by atoms with Crippen LogP contribution in [-0.2, 0) is 11.3 Å². The molecule has 0 aliphatic carbocycles. The zero-order valence-corrected chi connectivity index (χ0v) is 19.2. The smallest absolute Gasteiger partial charge is 0.346 e. The molecule has 1 fully saturated rings. The van der Waals surface area contributed by atoms with Crippen LogP contribution in [0.3, 0.4) is 0 Å². The van der Waals surface area contributed by atoms with E-state index in [0.29, 0.717) is 12.1 Å². The standard InChI is InChI=1S/C26H30N4O3/c1-20(16-21-6-4-3-5-7-21)17-28-14-12-24(13-15-28)29-19-27-30(26(29)32)18-22-8-10-23(11-9-22)25(31)33-2/h3-11,16,19,24H,12-15,17-18H2,1-2H3/b20-16+. The third-order valence-corrected chi connectivity index (χ3v) is 6.10. The molecule has 1 aromatic heterocycles. The topological polar surface area (TPSA) is 69.4 Å². The quantitative estimate of drug-likeness (QED) is 0.519. The van der Waals surface area contributed by atoms with E-state index in [1.165, 1.54) is 22.9 Å². The number of likely N-dealkylation sites (tertiary alicyclic amines) is 1. The number of methoxy groups -OCH3 is 1. The summed E-state index contributed by atoms with van der Waals surface area (Å²) in [4.78, 5) is 27.0. The molecule has 0 bridgehead atoms. The van der Waals surface area contributed by atoms with E-state index >= 15 is 0 Å². The number of ether oxygens (including phenoxy) is 1. The lowest BCUT2D eigenvalue weighted by Gasteiger charge is -2.32. The van der Waals surface area contributed by atoms with Crippen molar-refractivity contribution < 1.29 is 9.53 Å². The van der Waals surface area contributed by atoms with Gasteiger partial charge in [-0.3, -0.25) is 9.47 Å². The first-order valence-electron chi connectivity index (χ1n) is 11.3. The molecule has 0 unspecified atom stereocenters. The van der Waals surface area contributed by atoms with Crippen molar-refractivity contribution in [2.75, 3.05) is 26.7 Å². The van der Waals surface area contributed by atoms with Crippen LogP contribution in [0.15, 0.2) is 71.3 Å². The Morgan fingerprint density at radius 1 is 1.09 bits per heavy atom. The van der Waals surface area contributed by atoms with E-state index in [-0.39, 0.29) is 17.7 Å². The van der Waals surface area contributed by atoms with Gasteiger partial charge in [0.15, 0.2) is 0 Å². The molecular formula is C26H30N4O3. The van der Waals surface area contributed by atoms with Gasteiger partial charge in [-0.15, -0.1) is 0 Å². The highest BCUT2D eigenvalue weighted by molar-refractivity contribution is 5.89. The molecule has 1 saturated heterocycles. The number of piperidine rings is 1. The van der Waals surface area contributed by atoms with E-state index < -0.39 is 0 Å². The van der Waals surface area contributed by atoms with Gasteiger partial charge in [-0.25, -0.2) is 14.3 Å². The van der Waals surface area contributed by atoms with Gasteiger partial charge in [0.25, 0.3) is 0 Å². The minimum atomic E-state index is -0.375. The second-order valence-corrected chi connectivity index (χ2v) is 8.58. The Morgan fingerprint density at radius 3 is 2.45 bits per heavy atom. The van der Waals surface area contributed by atoms with Gasteiger partial charge in [-0.1, -0.05) is 54.1 Å². The summed E-state index contributed by atoms with van der Waals surface area (Å²) in [6.07, 6.45) is 5.75. The molecule has 3 aromatic rings. The molecule has 0 atom stereocenters. The van der Waals surface area contributed by atoms with Gasteiger partial charge < -0.3 is 4.74 Å². The highest BCUT2D eigenvalue weighted by Crippen LogP contribution is 2.22. The number of benzene rings is 2. The zero-order chi connectivity index (χ0) is 23.2. The highest BCUT2D eigenvalue weighted by Gasteiger charge is 2.23. The molecule has 2 heterocycles. The first-order valence-corrected chi connectivity index (χ1v) is 11.3. The number of carbonyl (C=O) groups is 1. The summed E-state index contributed by atoms with van der Waals surface area (Å²) in [6, 6.07) is 17.6. The van der Waals surface area contributed by atoms with Gasteiger partial charge in [0.1, 0.15) is 6.33 Å². The van der Waals surface area contributed by atoms with Crippen molar-refractivity contribution in [3.8, 4) is 0 Å². The molecule has 172 valence electrons. The molecule has 2 aromatic carbocycles. The van der Waals surface area contributed by atoms with Crippen LogP contribution in [0, 0.1) is 0 Å². The molecule has 7 heteroatoms. The second kappa shape index (κ2) is 10.4.